The van der Waals surface area contributed by atoms with Gasteiger partial charge in [-0.1, -0.05) is 0 Å². The lowest BCUT2D eigenvalue weighted by Gasteiger charge is -2.07. The van der Waals surface area contributed by atoms with E-state index in [0.29, 0.717) is 12.3 Å². The van der Waals surface area contributed by atoms with Crippen molar-refractivity contribution in [2.75, 3.05) is 13.2 Å². The molecule has 0 spiro atoms. The predicted octanol–water partition coefficient (Wildman–Crippen LogP) is 1.13. The van der Waals surface area contributed by atoms with Gasteiger partial charge >= 0.3 is 0 Å². The van der Waals surface area contributed by atoms with Crippen LogP contribution >= 0.6 is 11.6 Å². The third kappa shape index (κ3) is 2.41. The molecule has 7 heteroatoms. The summed E-state index contributed by atoms with van der Waals surface area (Å²) < 4.78 is 8.82. The van der Waals surface area contributed by atoms with Crippen LogP contribution in [0, 0.1) is 0 Å². The Kier molecular flexibility index (Phi) is 3.35. The number of hydrogen-bond donors (Lipinski definition) is 0. The highest BCUT2D eigenvalue weighted by Crippen LogP contribution is 2.18. The molecule has 0 bridgehead atoms. The van der Waals surface area contributed by atoms with Crippen molar-refractivity contribution in [1.29, 1.82) is 0 Å². The summed E-state index contributed by atoms with van der Waals surface area (Å²) >= 11 is 5.69. The van der Waals surface area contributed by atoms with Crippen molar-refractivity contribution in [3.63, 3.8) is 0 Å². The van der Waals surface area contributed by atoms with Gasteiger partial charge in [0.1, 0.15) is 11.4 Å². The summed E-state index contributed by atoms with van der Waals surface area (Å²) in [5, 5.41) is 8.51. The summed E-state index contributed by atoms with van der Waals surface area (Å²) in [7, 11) is 0. The van der Waals surface area contributed by atoms with Gasteiger partial charge in [-0.3, -0.25) is 9.48 Å². The standard InChI is InChI=1S/C12H13ClN4O2/c13-5-11-12(18)1-3-16(15-11)10-6-14-17(7-10)9-2-4-19-8-9/h1,3,6-7,9H,2,4-5,8H2. The number of alkyl halides is 1. The first-order chi connectivity index (χ1) is 9.28. The van der Waals surface area contributed by atoms with Crippen LogP contribution in [-0.4, -0.2) is 32.8 Å². The minimum atomic E-state index is -0.150. The van der Waals surface area contributed by atoms with Crippen LogP contribution in [0.15, 0.2) is 29.5 Å². The normalized spacial score (nSPS) is 18.9. The molecule has 1 saturated heterocycles. The number of aromatic nitrogens is 4. The van der Waals surface area contributed by atoms with E-state index < -0.39 is 0 Å². The number of ether oxygens (including phenoxy) is 1. The topological polar surface area (TPSA) is 61.9 Å². The molecule has 3 rings (SSSR count). The van der Waals surface area contributed by atoms with Crippen LogP contribution in [0.5, 0.6) is 0 Å². The zero-order valence-corrected chi connectivity index (χ0v) is 11.0. The summed E-state index contributed by atoms with van der Waals surface area (Å²) in [5.41, 5.74) is 0.988. The van der Waals surface area contributed by atoms with Gasteiger partial charge in [-0.05, 0) is 6.42 Å². The Bertz CT molecular complexity index is 631. The van der Waals surface area contributed by atoms with E-state index in [9.17, 15) is 4.79 Å². The van der Waals surface area contributed by atoms with Gasteiger partial charge in [0.2, 0.25) is 5.43 Å². The molecule has 0 aliphatic carbocycles. The van der Waals surface area contributed by atoms with Gasteiger partial charge in [-0.15, -0.1) is 11.6 Å². The minimum Gasteiger partial charge on any atom is -0.379 e. The lowest BCUT2D eigenvalue weighted by atomic mass is 10.3. The lowest BCUT2D eigenvalue weighted by molar-refractivity contribution is 0.184. The van der Waals surface area contributed by atoms with Crippen molar-refractivity contribution in [2.45, 2.75) is 18.3 Å². The SMILES string of the molecule is O=c1ccn(-c2cnn(C3CCOC3)c2)nc1CCl. The summed E-state index contributed by atoms with van der Waals surface area (Å²) in [6, 6.07) is 1.74. The molecular weight excluding hydrogens is 268 g/mol. The van der Waals surface area contributed by atoms with E-state index in [1.165, 1.54) is 6.07 Å². The van der Waals surface area contributed by atoms with Crippen LogP contribution < -0.4 is 5.43 Å². The summed E-state index contributed by atoms with van der Waals surface area (Å²) in [6.07, 6.45) is 6.19. The van der Waals surface area contributed by atoms with E-state index in [-0.39, 0.29) is 17.4 Å². The molecule has 0 radical (unpaired) electrons. The van der Waals surface area contributed by atoms with Gasteiger partial charge in [-0.25, -0.2) is 4.68 Å². The third-order valence-electron chi connectivity index (χ3n) is 3.14. The zero-order valence-electron chi connectivity index (χ0n) is 10.2. The maximum atomic E-state index is 11.5. The molecule has 0 amide bonds. The second kappa shape index (κ2) is 5.14. The Hall–Kier alpha value is -1.66. The Morgan fingerprint density at radius 3 is 3.16 bits per heavy atom. The van der Waals surface area contributed by atoms with Crippen molar-refractivity contribution >= 4 is 11.6 Å². The monoisotopic (exact) mass is 280 g/mol. The van der Waals surface area contributed by atoms with Crippen molar-refractivity contribution in [3.8, 4) is 5.69 Å². The molecular formula is C12H13ClN4O2. The summed E-state index contributed by atoms with van der Waals surface area (Å²) in [5.74, 6) is 0.101. The molecule has 3 heterocycles. The van der Waals surface area contributed by atoms with E-state index in [0.717, 1.165) is 18.7 Å². The minimum absolute atomic E-state index is 0.101. The van der Waals surface area contributed by atoms with Gasteiger partial charge in [0.15, 0.2) is 0 Å². The fraction of sp³-hybridized carbons (Fsp3) is 0.417. The first kappa shape index (κ1) is 12.4. The molecule has 100 valence electrons. The summed E-state index contributed by atoms with van der Waals surface area (Å²) in [6.45, 7) is 1.46. The van der Waals surface area contributed by atoms with Crippen LogP contribution in [0.4, 0.5) is 0 Å². The Morgan fingerprint density at radius 1 is 1.53 bits per heavy atom. The van der Waals surface area contributed by atoms with Crippen molar-refractivity contribution in [2.24, 2.45) is 0 Å². The average Bonchev–Trinajstić information content (AvgIpc) is 3.10. The molecule has 6 nitrogen and oxygen atoms in total. The third-order valence-corrected chi connectivity index (χ3v) is 3.39. The van der Waals surface area contributed by atoms with E-state index in [2.05, 4.69) is 10.2 Å². The van der Waals surface area contributed by atoms with Crippen molar-refractivity contribution in [3.05, 3.63) is 40.6 Å². The first-order valence-electron chi connectivity index (χ1n) is 6.05. The maximum Gasteiger partial charge on any atom is 0.204 e. The maximum absolute atomic E-state index is 11.5. The second-order valence-electron chi connectivity index (χ2n) is 4.40. The quantitative estimate of drug-likeness (QED) is 0.791. The zero-order chi connectivity index (χ0) is 13.2. The van der Waals surface area contributed by atoms with Crippen molar-refractivity contribution < 1.29 is 4.74 Å². The van der Waals surface area contributed by atoms with Gasteiger partial charge in [0, 0.05) is 18.9 Å². The van der Waals surface area contributed by atoms with Crippen LogP contribution in [0.25, 0.3) is 5.69 Å². The van der Waals surface area contributed by atoms with E-state index in [1.807, 2.05) is 10.9 Å². The lowest BCUT2D eigenvalue weighted by Crippen LogP contribution is -2.14. The van der Waals surface area contributed by atoms with Crippen LogP contribution in [0.2, 0.25) is 0 Å². The molecule has 2 aromatic heterocycles. The van der Waals surface area contributed by atoms with Gasteiger partial charge in [0.25, 0.3) is 0 Å². The Labute approximate surface area is 114 Å². The van der Waals surface area contributed by atoms with E-state index in [4.69, 9.17) is 16.3 Å². The molecule has 19 heavy (non-hydrogen) atoms. The van der Waals surface area contributed by atoms with Gasteiger partial charge < -0.3 is 4.74 Å². The molecule has 2 aromatic rings. The molecule has 0 N–H and O–H groups in total. The number of halogens is 1. The largest absolute Gasteiger partial charge is 0.379 e. The second-order valence-corrected chi connectivity index (χ2v) is 4.67. The van der Waals surface area contributed by atoms with Gasteiger partial charge in [-0.2, -0.15) is 10.2 Å². The highest BCUT2D eigenvalue weighted by molar-refractivity contribution is 6.16. The van der Waals surface area contributed by atoms with Gasteiger partial charge in [0.05, 0.1) is 30.9 Å². The van der Waals surface area contributed by atoms with E-state index >= 15 is 0 Å². The molecule has 1 unspecified atom stereocenters. The molecule has 1 aliphatic rings. The number of nitrogens with zero attached hydrogens (tertiary/aromatic N) is 4. The van der Waals surface area contributed by atoms with Crippen LogP contribution in [0.3, 0.4) is 0 Å². The van der Waals surface area contributed by atoms with Crippen LogP contribution in [0.1, 0.15) is 18.2 Å². The molecule has 0 saturated carbocycles. The fourth-order valence-corrected chi connectivity index (χ4v) is 2.25. The molecule has 1 fully saturated rings. The average molecular weight is 281 g/mol. The highest BCUT2D eigenvalue weighted by atomic mass is 35.5. The fourth-order valence-electron chi connectivity index (χ4n) is 2.06. The highest BCUT2D eigenvalue weighted by Gasteiger charge is 2.18. The molecule has 1 aliphatic heterocycles. The van der Waals surface area contributed by atoms with Crippen molar-refractivity contribution in [1.82, 2.24) is 19.6 Å². The molecule has 1 atom stereocenters. The number of hydrogen-bond acceptors (Lipinski definition) is 4. The Morgan fingerprint density at radius 2 is 2.42 bits per heavy atom. The predicted molar refractivity (Wildman–Crippen MR) is 69.6 cm³/mol. The summed E-state index contributed by atoms with van der Waals surface area (Å²) in [4.78, 5) is 11.5. The molecule has 0 aromatic carbocycles. The van der Waals surface area contributed by atoms with E-state index in [1.54, 1.807) is 17.1 Å². The smallest absolute Gasteiger partial charge is 0.204 e. The van der Waals surface area contributed by atoms with Crippen LogP contribution in [-0.2, 0) is 10.6 Å². The first-order valence-corrected chi connectivity index (χ1v) is 6.58. The number of rotatable bonds is 3. The Balaban J connectivity index is 1.91.